The van der Waals surface area contributed by atoms with Crippen molar-refractivity contribution in [1.29, 1.82) is 0 Å². The molecular weight excluding hydrogens is 282 g/mol. The molecule has 0 bridgehead atoms. The maximum absolute atomic E-state index is 11.8. The van der Waals surface area contributed by atoms with Crippen molar-refractivity contribution in [2.45, 2.75) is 39.7 Å². The van der Waals surface area contributed by atoms with Crippen molar-refractivity contribution < 1.29 is 22.5 Å². The van der Waals surface area contributed by atoms with Gasteiger partial charge in [0.2, 0.25) is 0 Å². The molecule has 108 valence electrons. The Hall–Kier alpha value is -0.370. The molecule has 0 fully saturated rings. The summed E-state index contributed by atoms with van der Waals surface area (Å²) >= 11 is 5.54. The third kappa shape index (κ3) is 5.99. The molecule has 0 aliphatic heterocycles. The minimum absolute atomic E-state index is 0.0146. The molecule has 0 saturated heterocycles. The lowest BCUT2D eigenvalue weighted by atomic mass is 9.96. The Morgan fingerprint density at radius 2 is 1.89 bits per heavy atom. The van der Waals surface area contributed by atoms with Crippen molar-refractivity contribution in [2.24, 2.45) is 5.41 Å². The molecule has 0 rings (SSSR count). The summed E-state index contributed by atoms with van der Waals surface area (Å²) in [6, 6.07) is 0. The van der Waals surface area contributed by atoms with E-state index in [0.717, 1.165) is 0 Å². The summed E-state index contributed by atoms with van der Waals surface area (Å²) in [5.74, 6) is -1.39. The number of carbonyl (C=O) groups excluding carboxylic acids is 1. The van der Waals surface area contributed by atoms with Gasteiger partial charge < -0.3 is 4.74 Å². The lowest BCUT2D eigenvalue weighted by Gasteiger charge is -2.28. The molecule has 8 heteroatoms. The number of esters is 1. The number of ether oxygens (including phenoxy) is 1. The lowest BCUT2D eigenvalue weighted by molar-refractivity contribution is -0.154. The molecule has 0 amide bonds. The number of rotatable bonds is 7. The molecule has 0 aliphatic rings. The highest BCUT2D eigenvalue weighted by Gasteiger charge is 2.35. The summed E-state index contributed by atoms with van der Waals surface area (Å²) in [5, 5.41) is 0. The van der Waals surface area contributed by atoms with Crippen LogP contribution in [0.5, 0.6) is 0 Å². The average Bonchev–Trinajstić information content (AvgIpc) is 2.22. The Kier molecular flexibility index (Phi) is 6.06. The Morgan fingerprint density at radius 1 is 1.39 bits per heavy atom. The molecule has 1 atom stereocenters. The summed E-state index contributed by atoms with van der Waals surface area (Å²) in [7, 11) is -4.23. The summed E-state index contributed by atoms with van der Waals surface area (Å²) in [5.41, 5.74) is -1.89. The van der Waals surface area contributed by atoms with Crippen molar-refractivity contribution in [3.8, 4) is 0 Å². The van der Waals surface area contributed by atoms with Crippen LogP contribution in [0.3, 0.4) is 0 Å². The molecule has 1 unspecified atom stereocenters. The van der Waals surface area contributed by atoms with Gasteiger partial charge in [-0.05, 0) is 39.0 Å². The van der Waals surface area contributed by atoms with Gasteiger partial charge in [0.25, 0.3) is 10.1 Å². The molecule has 0 saturated carbocycles. The van der Waals surface area contributed by atoms with Gasteiger partial charge in [-0.2, -0.15) is 8.42 Å². The van der Waals surface area contributed by atoms with Crippen molar-refractivity contribution in [3.05, 3.63) is 0 Å². The average molecular weight is 302 g/mol. The van der Waals surface area contributed by atoms with E-state index in [4.69, 9.17) is 21.1 Å². The van der Waals surface area contributed by atoms with Crippen LogP contribution in [0.2, 0.25) is 0 Å². The van der Waals surface area contributed by atoms with Crippen molar-refractivity contribution in [3.63, 3.8) is 0 Å². The highest BCUT2D eigenvalue weighted by molar-refractivity contribution is 7.85. The van der Waals surface area contributed by atoms with E-state index in [1.54, 1.807) is 6.92 Å². The molecule has 0 heterocycles. The molecule has 0 aromatic rings. The molecule has 0 aromatic heterocycles. The van der Waals surface area contributed by atoms with Crippen LogP contribution in [0.15, 0.2) is 0 Å². The first-order valence-corrected chi connectivity index (χ1v) is 7.45. The van der Waals surface area contributed by atoms with E-state index in [0.29, 0.717) is 6.42 Å². The first-order valence-electron chi connectivity index (χ1n) is 5.46. The van der Waals surface area contributed by atoms with Crippen molar-refractivity contribution in [1.82, 2.24) is 4.84 Å². The van der Waals surface area contributed by atoms with E-state index < -0.39 is 32.8 Å². The first-order chi connectivity index (χ1) is 7.96. The smallest absolute Gasteiger partial charge is 0.312 e. The summed E-state index contributed by atoms with van der Waals surface area (Å²) in [4.78, 5) is 14.3. The van der Waals surface area contributed by atoms with E-state index in [1.165, 1.54) is 13.8 Å². The van der Waals surface area contributed by atoms with Gasteiger partial charge in [0, 0.05) is 0 Å². The van der Waals surface area contributed by atoms with Gasteiger partial charge in [-0.3, -0.25) is 9.35 Å². The maximum atomic E-state index is 11.8. The molecule has 0 spiro atoms. The van der Waals surface area contributed by atoms with Crippen molar-refractivity contribution in [2.75, 3.05) is 12.4 Å². The maximum Gasteiger partial charge on any atom is 0.312 e. The molecule has 0 radical (unpaired) electrons. The van der Waals surface area contributed by atoms with Crippen LogP contribution in [0.25, 0.3) is 0 Å². The SMILES string of the molecule is CCC(C)(COC(=O)C(C)(C)CS(=O)(=O)O)NCl. The third-order valence-corrected chi connectivity index (χ3v) is 4.17. The second kappa shape index (κ2) is 6.18. The number of carbonyl (C=O) groups is 1. The van der Waals surface area contributed by atoms with Crippen LogP contribution >= 0.6 is 11.8 Å². The van der Waals surface area contributed by atoms with E-state index >= 15 is 0 Å². The quantitative estimate of drug-likeness (QED) is 0.419. The van der Waals surface area contributed by atoms with E-state index in [2.05, 4.69) is 4.84 Å². The van der Waals surface area contributed by atoms with E-state index in [9.17, 15) is 13.2 Å². The predicted octanol–water partition coefficient (Wildman–Crippen LogP) is 1.36. The lowest BCUT2D eigenvalue weighted by Crippen LogP contribution is -2.43. The standard InChI is InChI=1S/C10H20ClNO5S/c1-5-10(4,12-11)6-17-8(13)9(2,3)7-18(14,15)16/h12H,5-7H2,1-4H3,(H,14,15,16). The summed E-state index contributed by atoms with van der Waals surface area (Å²) in [6.07, 6.45) is 0.627. The molecule has 2 N–H and O–H groups in total. The Bertz CT molecular complexity index is 389. The van der Waals surface area contributed by atoms with Gasteiger partial charge in [0.15, 0.2) is 0 Å². The monoisotopic (exact) mass is 301 g/mol. The fraction of sp³-hybridized carbons (Fsp3) is 0.900. The topological polar surface area (TPSA) is 92.7 Å². The Labute approximate surface area is 113 Å². The normalized spacial score (nSPS) is 16.1. The largest absolute Gasteiger partial charge is 0.463 e. The van der Waals surface area contributed by atoms with Gasteiger partial charge in [0.05, 0.1) is 16.7 Å². The summed E-state index contributed by atoms with van der Waals surface area (Å²) < 4.78 is 35.4. The Morgan fingerprint density at radius 3 is 2.22 bits per heavy atom. The zero-order valence-electron chi connectivity index (χ0n) is 11.0. The van der Waals surface area contributed by atoms with Crippen molar-refractivity contribution >= 4 is 27.9 Å². The number of halogens is 1. The van der Waals surface area contributed by atoms with E-state index in [-0.39, 0.29) is 6.61 Å². The fourth-order valence-electron chi connectivity index (χ4n) is 1.13. The second-order valence-electron chi connectivity index (χ2n) is 5.19. The van der Waals surface area contributed by atoms with Crippen LogP contribution in [0.1, 0.15) is 34.1 Å². The summed E-state index contributed by atoms with van der Waals surface area (Å²) in [6.45, 7) is 6.43. The number of hydrogen-bond donors (Lipinski definition) is 2. The van der Waals surface area contributed by atoms with Gasteiger partial charge in [-0.1, -0.05) is 6.92 Å². The first kappa shape index (κ1) is 17.6. The molecule has 6 nitrogen and oxygen atoms in total. The fourth-order valence-corrected chi connectivity index (χ4v) is 2.35. The number of hydrogen-bond acceptors (Lipinski definition) is 5. The third-order valence-electron chi connectivity index (χ3n) is 2.63. The molecular formula is C10H20ClNO5S. The van der Waals surface area contributed by atoms with Crippen LogP contribution < -0.4 is 4.84 Å². The van der Waals surface area contributed by atoms with Crippen LogP contribution in [0.4, 0.5) is 0 Å². The Balaban J connectivity index is 4.59. The zero-order chi connectivity index (χ0) is 14.6. The van der Waals surface area contributed by atoms with Crippen LogP contribution in [0, 0.1) is 5.41 Å². The van der Waals surface area contributed by atoms with Gasteiger partial charge >= 0.3 is 5.97 Å². The van der Waals surface area contributed by atoms with Gasteiger partial charge in [-0.25, -0.2) is 4.84 Å². The van der Waals surface area contributed by atoms with Crippen LogP contribution in [-0.2, 0) is 19.6 Å². The minimum atomic E-state index is -4.23. The van der Waals surface area contributed by atoms with Gasteiger partial charge in [-0.15, -0.1) is 0 Å². The molecule has 18 heavy (non-hydrogen) atoms. The molecule has 0 aromatic carbocycles. The number of nitrogens with one attached hydrogen (secondary N) is 1. The van der Waals surface area contributed by atoms with Gasteiger partial charge in [0.1, 0.15) is 6.61 Å². The minimum Gasteiger partial charge on any atom is -0.463 e. The zero-order valence-corrected chi connectivity index (χ0v) is 12.6. The molecule has 0 aliphatic carbocycles. The second-order valence-corrected chi connectivity index (χ2v) is 6.84. The highest BCUT2D eigenvalue weighted by Crippen LogP contribution is 2.21. The predicted molar refractivity (Wildman–Crippen MR) is 68.8 cm³/mol. The van der Waals surface area contributed by atoms with Crippen LogP contribution in [-0.4, -0.2) is 36.8 Å². The highest BCUT2D eigenvalue weighted by atomic mass is 35.5. The van der Waals surface area contributed by atoms with E-state index in [1.807, 2.05) is 6.92 Å².